The highest BCUT2D eigenvalue weighted by molar-refractivity contribution is 5.84. The molecule has 0 aliphatic carbocycles. The first kappa shape index (κ1) is 18.8. The molecule has 3 aromatic carbocycles. The number of aryl methyl sites for hydroxylation is 1. The highest BCUT2D eigenvalue weighted by Crippen LogP contribution is 2.32. The Morgan fingerprint density at radius 2 is 1.66 bits per heavy atom. The zero-order chi connectivity index (χ0) is 20.5. The lowest BCUT2D eigenvalue weighted by atomic mass is 9.98. The van der Waals surface area contributed by atoms with Crippen molar-refractivity contribution in [1.29, 1.82) is 0 Å². The maximum Gasteiger partial charge on any atom is 0.196 e. The number of para-hydroxylation sites is 2. The quantitative estimate of drug-likeness (QED) is 0.434. The Kier molecular flexibility index (Phi) is 4.85. The monoisotopic (exact) mass is 384 g/mol. The van der Waals surface area contributed by atoms with E-state index in [1.165, 1.54) is 0 Å². The molecule has 1 heterocycles. The van der Waals surface area contributed by atoms with Gasteiger partial charge in [0.25, 0.3) is 0 Å². The zero-order valence-corrected chi connectivity index (χ0v) is 16.8. The van der Waals surface area contributed by atoms with Crippen LogP contribution in [0, 0.1) is 13.8 Å². The maximum absolute atomic E-state index is 13.2. The largest absolute Gasteiger partial charge is 0.455 e. The Bertz CT molecular complexity index is 1240. The highest BCUT2D eigenvalue weighted by Gasteiger charge is 2.19. The number of fused-ring (bicyclic) bond motifs is 1. The van der Waals surface area contributed by atoms with Crippen molar-refractivity contribution in [2.75, 3.05) is 11.1 Å². The lowest BCUT2D eigenvalue weighted by Gasteiger charge is -2.19. The standard InChI is InChI=1S/C25H24N2O2/c1-15-13-19(17(3)27-22-12-8-7-11-21(22)26)25-20(14-15)23(28)16(2)24(29-25)18-9-5-4-6-10-18/h4-14,17,27H,26H2,1-3H3/t17-/m1/s1. The highest BCUT2D eigenvalue weighted by atomic mass is 16.3. The van der Waals surface area contributed by atoms with Gasteiger partial charge in [0.1, 0.15) is 11.3 Å². The fraction of sp³-hybridized carbons (Fsp3) is 0.160. The molecule has 4 rings (SSSR count). The molecule has 0 bridgehead atoms. The summed E-state index contributed by atoms with van der Waals surface area (Å²) in [5, 5.41) is 4.06. The number of nitrogen functional groups attached to an aromatic ring is 1. The van der Waals surface area contributed by atoms with Crippen LogP contribution >= 0.6 is 0 Å². The van der Waals surface area contributed by atoms with E-state index >= 15 is 0 Å². The summed E-state index contributed by atoms with van der Waals surface area (Å²) >= 11 is 0. The number of hydrogen-bond acceptors (Lipinski definition) is 4. The normalized spacial score (nSPS) is 12.1. The van der Waals surface area contributed by atoms with Crippen LogP contribution in [0.15, 0.2) is 75.9 Å². The topological polar surface area (TPSA) is 68.3 Å². The van der Waals surface area contributed by atoms with Gasteiger partial charge in [-0.3, -0.25) is 4.79 Å². The van der Waals surface area contributed by atoms with Crippen LogP contribution < -0.4 is 16.5 Å². The third kappa shape index (κ3) is 3.49. The van der Waals surface area contributed by atoms with Gasteiger partial charge in [0, 0.05) is 16.7 Å². The molecular formula is C25H24N2O2. The minimum atomic E-state index is -0.100. The molecule has 3 N–H and O–H groups in total. The van der Waals surface area contributed by atoms with E-state index in [0.717, 1.165) is 22.4 Å². The SMILES string of the molecule is Cc1cc([C@@H](C)Nc2ccccc2N)c2oc(-c3ccccc3)c(C)c(=O)c2c1. The van der Waals surface area contributed by atoms with E-state index in [2.05, 4.69) is 11.4 Å². The number of nitrogens with two attached hydrogens (primary N) is 1. The summed E-state index contributed by atoms with van der Waals surface area (Å²) in [6.45, 7) is 5.86. The Hall–Kier alpha value is -3.53. The summed E-state index contributed by atoms with van der Waals surface area (Å²) in [4.78, 5) is 13.2. The summed E-state index contributed by atoms with van der Waals surface area (Å²) in [5.41, 5.74) is 11.7. The van der Waals surface area contributed by atoms with Crippen molar-refractivity contribution >= 4 is 22.3 Å². The molecule has 1 aromatic heterocycles. The molecular weight excluding hydrogens is 360 g/mol. The summed E-state index contributed by atoms with van der Waals surface area (Å²) in [7, 11) is 0. The third-order valence-electron chi connectivity index (χ3n) is 5.23. The molecule has 1 atom stereocenters. The predicted octanol–water partition coefficient (Wildman–Crippen LogP) is 5.83. The molecule has 29 heavy (non-hydrogen) atoms. The average Bonchev–Trinajstić information content (AvgIpc) is 2.72. The molecule has 4 nitrogen and oxygen atoms in total. The van der Waals surface area contributed by atoms with Gasteiger partial charge in [-0.15, -0.1) is 0 Å². The summed E-state index contributed by atoms with van der Waals surface area (Å²) < 4.78 is 6.36. The van der Waals surface area contributed by atoms with Crippen LogP contribution in [0.1, 0.15) is 29.7 Å². The van der Waals surface area contributed by atoms with Gasteiger partial charge in [0.05, 0.1) is 22.8 Å². The van der Waals surface area contributed by atoms with E-state index in [-0.39, 0.29) is 11.5 Å². The maximum atomic E-state index is 13.2. The number of benzene rings is 3. The van der Waals surface area contributed by atoms with Crippen LogP contribution in [0.5, 0.6) is 0 Å². The van der Waals surface area contributed by atoms with E-state index in [1.807, 2.05) is 81.4 Å². The second kappa shape index (κ2) is 7.47. The van der Waals surface area contributed by atoms with Gasteiger partial charge in [-0.1, -0.05) is 48.5 Å². The van der Waals surface area contributed by atoms with Crippen molar-refractivity contribution in [2.45, 2.75) is 26.8 Å². The average molecular weight is 384 g/mol. The van der Waals surface area contributed by atoms with Gasteiger partial charge >= 0.3 is 0 Å². The molecule has 0 amide bonds. The first-order valence-electron chi connectivity index (χ1n) is 9.70. The van der Waals surface area contributed by atoms with Crippen LogP contribution in [0.4, 0.5) is 11.4 Å². The van der Waals surface area contributed by atoms with E-state index in [0.29, 0.717) is 28.0 Å². The molecule has 0 aliphatic rings. The summed E-state index contributed by atoms with van der Waals surface area (Å²) in [5.74, 6) is 0.611. The molecule has 0 saturated heterocycles. The Balaban J connectivity index is 1.91. The summed E-state index contributed by atoms with van der Waals surface area (Å²) in [6, 6.07) is 21.3. The minimum absolute atomic E-state index is 0.00137. The first-order valence-corrected chi connectivity index (χ1v) is 9.70. The van der Waals surface area contributed by atoms with Crippen LogP contribution in [0.2, 0.25) is 0 Å². The number of nitrogens with one attached hydrogen (secondary N) is 1. The van der Waals surface area contributed by atoms with E-state index in [4.69, 9.17) is 10.2 Å². The van der Waals surface area contributed by atoms with Gasteiger partial charge in [0.2, 0.25) is 0 Å². The number of hydrogen-bond donors (Lipinski definition) is 2. The smallest absolute Gasteiger partial charge is 0.196 e. The van der Waals surface area contributed by atoms with Crippen molar-refractivity contribution < 1.29 is 4.42 Å². The molecule has 0 radical (unpaired) electrons. The third-order valence-corrected chi connectivity index (χ3v) is 5.23. The van der Waals surface area contributed by atoms with E-state index in [1.54, 1.807) is 0 Å². The predicted molar refractivity (Wildman–Crippen MR) is 120 cm³/mol. The Morgan fingerprint density at radius 1 is 0.966 bits per heavy atom. The van der Waals surface area contributed by atoms with Crippen molar-refractivity contribution in [3.8, 4) is 11.3 Å². The van der Waals surface area contributed by atoms with Crippen LogP contribution in [-0.4, -0.2) is 0 Å². The lowest BCUT2D eigenvalue weighted by Crippen LogP contribution is -2.13. The second-order valence-electron chi connectivity index (χ2n) is 7.44. The fourth-order valence-corrected chi connectivity index (χ4v) is 3.69. The van der Waals surface area contributed by atoms with Crippen LogP contribution in [0.25, 0.3) is 22.3 Å². The first-order chi connectivity index (χ1) is 14.0. The van der Waals surface area contributed by atoms with Gasteiger partial charge in [-0.2, -0.15) is 0 Å². The van der Waals surface area contributed by atoms with Gasteiger partial charge in [0.15, 0.2) is 5.43 Å². The van der Waals surface area contributed by atoms with Crippen LogP contribution in [-0.2, 0) is 0 Å². The molecule has 0 spiro atoms. The molecule has 0 fully saturated rings. The van der Waals surface area contributed by atoms with Crippen LogP contribution in [0.3, 0.4) is 0 Å². The fourth-order valence-electron chi connectivity index (χ4n) is 3.69. The molecule has 0 aliphatic heterocycles. The zero-order valence-electron chi connectivity index (χ0n) is 16.8. The van der Waals surface area contributed by atoms with Crippen molar-refractivity contribution in [1.82, 2.24) is 0 Å². The summed E-state index contributed by atoms with van der Waals surface area (Å²) in [6.07, 6.45) is 0. The molecule has 4 aromatic rings. The Morgan fingerprint density at radius 3 is 2.38 bits per heavy atom. The number of rotatable bonds is 4. The minimum Gasteiger partial charge on any atom is -0.455 e. The molecule has 146 valence electrons. The van der Waals surface area contributed by atoms with E-state index in [9.17, 15) is 4.79 Å². The van der Waals surface area contributed by atoms with E-state index < -0.39 is 0 Å². The van der Waals surface area contributed by atoms with Crippen molar-refractivity contribution in [3.63, 3.8) is 0 Å². The van der Waals surface area contributed by atoms with Gasteiger partial charge in [-0.25, -0.2) is 0 Å². The van der Waals surface area contributed by atoms with Gasteiger partial charge in [-0.05, 0) is 44.5 Å². The molecule has 0 saturated carbocycles. The van der Waals surface area contributed by atoms with Crippen molar-refractivity contribution in [2.24, 2.45) is 0 Å². The van der Waals surface area contributed by atoms with Crippen molar-refractivity contribution in [3.05, 3.63) is 93.6 Å². The Labute approximate surface area is 170 Å². The lowest BCUT2D eigenvalue weighted by molar-refractivity contribution is 0.605. The molecule has 4 heteroatoms. The van der Waals surface area contributed by atoms with Gasteiger partial charge < -0.3 is 15.5 Å². The number of anilines is 2. The molecule has 0 unspecified atom stereocenters. The second-order valence-corrected chi connectivity index (χ2v) is 7.44.